The van der Waals surface area contributed by atoms with Crippen molar-refractivity contribution in [3.63, 3.8) is 0 Å². The topological polar surface area (TPSA) is 53.1 Å². The van der Waals surface area contributed by atoms with E-state index < -0.39 is 10.2 Å². The Bertz CT molecular complexity index is 621. The molecule has 0 aliphatic carbocycles. The first-order valence-corrected chi connectivity index (χ1v) is 9.80. The summed E-state index contributed by atoms with van der Waals surface area (Å²) in [5, 5.41) is 0. The number of hydrogen-bond acceptors (Lipinski definition) is 4. The number of morpholine rings is 1. The smallest absolute Gasteiger partial charge is 0.282 e. The fourth-order valence-electron chi connectivity index (χ4n) is 2.94. The Hall–Kier alpha value is -1.15. The molecule has 136 valence electrons. The molecular weight excluding hydrogens is 326 g/mol. The Morgan fingerprint density at radius 1 is 1.12 bits per heavy atom. The van der Waals surface area contributed by atoms with Gasteiger partial charge in [-0.25, -0.2) is 0 Å². The quantitative estimate of drug-likeness (QED) is 0.782. The van der Waals surface area contributed by atoms with Crippen LogP contribution in [-0.4, -0.2) is 63.0 Å². The minimum atomic E-state index is -3.49. The summed E-state index contributed by atoms with van der Waals surface area (Å²) >= 11 is 0. The summed E-state index contributed by atoms with van der Waals surface area (Å²) in [6.07, 6.45) is -0.164. The molecule has 0 bridgehead atoms. The van der Waals surface area contributed by atoms with E-state index in [9.17, 15) is 8.42 Å². The average molecular weight is 356 g/mol. The Labute approximate surface area is 146 Å². The van der Waals surface area contributed by atoms with Crippen LogP contribution in [0.15, 0.2) is 24.3 Å². The molecule has 1 aromatic rings. The monoisotopic (exact) mass is 355 g/mol. The van der Waals surface area contributed by atoms with Crippen molar-refractivity contribution in [2.24, 2.45) is 0 Å². The van der Waals surface area contributed by atoms with Crippen molar-refractivity contribution in [2.45, 2.75) is 39.5 Å². The van der Waals surface area contributed by atoms with E-state index in [1.807, 2.05) is 64.0 Å². The second-order valence-electron chi connectivity index (χ2n) is 6.57. The molecule has 6 nitrogen and oxygen atoms in total. The molecule has 7 heteroatoms. The second kappa shape index (κ2) is 7.82. The van der Waals surface area contributed by atoms with E-state index in [1.54, 1.807) is 4.31 Å². The van der Waals surface area contributed by atoms with Gasteiger partial charge in [0.1, 0.15) is 0 Å². The van der Waals surface area contributed by atoms with E-state index in [-0.39, 0.29) is 12.2 Å². The van der Waals surface area contributed by atoms with E-state index in [2.05, 4.69) is 0 Å². The van der Waals surface area contributed by atoms with Gasteiger partial charge in [-0.2, -0.15) is 17.0 Å². The van der Waals surface area contributed by atoms with Gasteiger partial charge in [-0.05, 0) is 31.5 Å². The summed E-state index contributed by atoms with van der Waals surface area (Å²) in [6.45, 7) is 7.33. The number of ether oxygens (including phenoxy) is 1. The molecule has 1 aliphatic rings. The van der Waals surface area contributed by atoms with Crippen LogP contribution >= 0.6 is 0 Å². The normalized spacial score (nSPS) is 22.8. The summed E-state index contributed by atoms with van der Waals surface area (Å²) in [5.41, 5.74) is 2.08. The molecule has 0 aromatic heterocycles. The van der Waals surface area contributed by atoms with E-state index in [4.69, 9.17) is 4.74 Å². The van der Waals surface area contributed by atoms with Crippen LogP contribution in [0, 0.1) is 0 Å². The van der Waals surface area contributed by atoms with E-state index in [0.29, 0.717) is 26.2 Å². The fraction of sp³-hybridized carbons (Fsp3) is 0.647. The maximum atomic E-state index is 13.0. The number of benzene rings is 1. The Balaban J connectivity index is 2.14. The molecule has 1 saturated heterocycles. The molecule has 0 unspecified atom stereocenters. The lowest BCUT2D eigenvalue weighted by atomic mass is 10.2. The maximum Gasteiger partial charge on any atom is 0.282 e. The molecule has 24 heavy (non-hydrogen) atoms. The second-order valence-corrected chi connectivity index (χ2v) is 8.50. The highest BCUT2D eigenvalue weighted by atomic mass is 32.2. The SMILES string of the molecule is CCN(Cc1ccc(N(C)C)cc1)S(=O)(=O)N1C[C@@H](C)O[C@H](C)C1. The summed E-state index contributed by atoms with van der Waals surface area (Å²) in [7, 11) is 0.481. The van der Waals surface area contributed by atoms with Gasteiger partial charge < -0.3 is 9.64 Å². The van der Waals surface area contributed by atoms with Gasteiger partial charge >= 0.3 is 0 Å². The van der Waals surface area contributed by atoms with E-state index in [0.717, 1.165) is 11.3 Å². The van der Waals surface area contributed by atoms with Crippen LogP contribution in [0.25, 0.3) is 0 Å². The Morgan fingerprint density at radius 2 is 1.67 bits per heavy atom. The third kappa shape index (κ3) is 4.47. The molecule has 0 amide bonds. The predicted octanol–water partition coefficient (Wildman–Crippen LogP) is 1.93. The van der Waals surface area contributed by atoms with Crippen molar-refractivity contribution in [3.05, 3.63) is 29.8 Å². The highest BCUT2D eigenvalue weighted by molar-refractivity contribution is 7.86. The molecule has 0 radical (unpaired) electrons. The largest absolute Gasteiger partial charge is 0.378 e. The van der Waals surface area contributed by atoms with Crippen molar-refractivity contribution in [3.8, 4) is 0 Å². The maximum absolute atomic E-state index is 13.0. The van der Waals surface area contributed by atoms with Gasteiger partial charge in [0.25, 0.3) is 10.2 Å². The van der Waals surface area contributed by atoms with E-state index >= 15 is 0 Å². The number of rotatable bonds is 6. The highest BCUT2D eigenvalue weighted by Crippen LogP contribution is 2.20. The molecule has 0 N–H and O–H groups in total. The molecule has 1 aromatic carbocycles. The number of nitrogens with zero attached hydrogens (tertiary/aromatic N) is 3. The third-order valence-electron chi connectivity index (χ3n) is 4.20. The van der Waals surface area contributed by atoms with Crippen molar-refractivity contribution < 1.29 is 13.2 Å². The van der Waals surface area contributed by atoms with Gasteiger partial charge in [-0.1, -0.05) is 19.1 Å². The van der Waals surface area contributed by atoms with Crippen LogP contribution in [0.2, 0.25) is 0 Å². The van der Waals surface area contributed by atoms with Crippen LogP contribution < -0.4 is 4.90 Å². The fourth-order valence-corrected chi connectivity index (χ4v) is 4.70. The van der Waals surface area contributed by atoms with Gasteiger partial charge in [-0.15, -0.1) is 0 Å². The zero-order valence-electron chi connectivity index (χ0n) is 15.3. The van der Waals surface area contributed by atoms with E-state index in [1.165, 1.54) is 4.31 Å². The third-order valence-corrected chi connectivity index (χ3v) is 6.19. The summed E-state index contributed by atoms with van der Waals surface area (Å²) < 4.78 is 34.7. The molecule has 2 atom stereocenters. The van der Waals surface area contributed by atoms with Crippen molar-refractivity contribution in [2.75, 3.05) is 38.6 Å². The molecule has 2 rings (SSSR count). The Morgan fingerprint density at radius 3 is 2.12 bits per heavy atom. The first kappa shape index (κ1) is 19.2. The molecular formula is C17H29N3O3S. The van der Waals surface area contributed by atoms with Crippen molar-refractivity contribution >= 4 is 15.9 Å². The first-order valence-electron chi connectivity index (χ1n) is 8.41. The Kier molecular flexibility index (Phi) is 6.25. The minimum Gasteiger partial charge on any atom is -0.378 e. The van der Waals surface area contributed by atoms with Gasteiger partial charge in [0, 0.05) is 46.0 Å². The molecule has 0 spiro atoms. The standard InChI is InChI=1S/C17H29N3O3S/c1-6-19(13-16-7-9-17(10-8-16)18(4)5)24(21,22)20-11-14(2)23-15(3)12-20/h7-10,14-15H,6,11-13H2,1-5H3/t14-,15-/m1/s1. The lowest BCUT2D eigenvalue weighted by Gasteiger charge is -2.37. The zero-order chi connectivity index (χ0) is 17.9. The number of anilines is 1. The molecule has 0 saturated carbocycles. The van der Waals surface area contributed by atoms with Crippen LogP contribution in [0.4, 0.5) is 5.69 Å². The van der Waals surface area contributed by atoms with Gasteiger partial charge in [0.05, 0.1) is 12.2 Å². The lowest BCUT2D eigenvalue weighted by molar-refractivity contribution is -0.0455. The summed E-state index contributed by atoms with van der Waals surface area (Å²) in [5.74, 6) is 0. The zero-order valence-corrected chi connectivity index (χ0v) is 16.1. The van der Waals surface area contributed by atoms with Gasteiger partial charge in [0.15, 0.2) is 0 Å². The minimum absolute atomic E-state index is 0.0818. The van der Waals surface area contributed by atoms with Crippen LogP contribution in [0.1, 0.15) is 26.3 Å². The lowest BCUT2D eigenvalue weighted by Crippen LogP contribution is -2.52. The van der Waals surface area contributed by atoms with Crippen LogP contribution in [0.3, 0.4) is 0 Å². The number of hydrogen-bond donors (Lipinski definition) is 0. The highest BCUT2D eigenvalue weighted by Gasteiger charge is 2.34. The molecule has 1 heterocycles. The van der Waals surface area contributed by atoms with Gasteiger partial charge in [-0.3, -0.25) is 0 Å². The van der Waals surface area contributed by atoms with Crippen LogP contribution in [-0.2, 0) is 21.5 Å². The summed E-state index contributed by atoms with van der Waals surface area (Å²) in [6, 6.07) is 7.99. The summed E-state index contributed by atoms with van der Waals surface area (Å²) in [4.78, 5) is 2.02. The van der Waals surface area contributed by atoms with Crippen LogP contribution in [0.5, 0.6) is 0 Å². The molecule has 1 fully saturated rings. The first-order chi connectivity index (χ1) is 11.2. The van der Waals surface area contributed by atoms with Gasteiger partial charge in [0.2, 0.25) is 0 Å². The van der Waals surface area contributed by atoms with Crippen molar-refractivity contribution in [1.82, 2.24) is 8.61 Å². The average Bonchev–Trinajstić information content (AvgIpc) is 2.51. The molecule has 1 aliphatic heterocycles. The van der Waals surface area contributed by atoms with Crippen molar-refractivity contribution in [1.29, 1.82) is 0 Å². The predicted molar refractivity (Wildman–Crippen MR) is 97.4 cm³/mol.